The van der Waals surface area contributed by atoms with Crippen molar-refractivity contribution in [2.75, 3.05) is 12.4 Å². The molecule has 4 heteroatoms. The second-order valence-corrected chi connectivity index (χ2v) is 5.40. The van der Waals surface area contributed by atoms with Gasteiger partial charge in [-0.25, -0.2) is 0 Å². The summed E-state index contributed by atoms with van der Waals surface area (Å²) in [6, 6.07) is 17.6. The zero-order valence-corrected chi connectivity index (χ0v) is 13.2. The van der Waals surface area contributed by atoms with E-state index in [0.29, 0.717) is 0 Å². The van der Waals surface area contributed by atoms with E-state index in [-0.39, 0.29) is 18.0 Å². The molecule has 0 bridgehead atoms. The molecule has 0 saturated heterocycles. The van der Waals surface area contributed by atoms with Crippen molar-refractivity contribution in [3.05, 3.63) is 60.2 Å². The molecule has 0 radical (unpaired) electrons. The number of rotatable bonds is 6. The first-order valence-corrected chi connectivity index (χ1v) is 7.45. The molecule has 0 fully saturated rings. The van der Waals surface area contributed by atoms with E-state index in [1.54, 1.807) is 7.11 Å². The lowest BCUT2D eigenvalue weighted by molar-refractivity contribution is -0.709. The summed E-state index contributed by atoms with van der Waals surface area (Å²) >= 11 is 0. The summed E-state index contributed by atoms with van der Waals surface area (Å²) in [4.78, 5) is 12.3. The van der Waals surface area contributed by atoms with Crippen LogP contribution in [-0.2, 0) is 4.79 Å². The fourth-order valence-electron chi connectivity index (χ4n) is 2.32. The van der Waals surface area contributed by atoms with E-state index < -0.39 is 0 Å². The van der Waals surface area contributed by atoms with Crippen molar-refractivity contribution < 1.29 is 14.8 Å². The topological polar surface area (TPSA) is 54.9 Å². The SMILES string of the molecule is COc1ccc(NC(=O)[C@@H](C)[NH2+][C@@H](C)c2ccccc2)cc1. The largest absolute Gasteiger partial charge is 0.497 e. The predicted octanol–water partition coefficient (Wildman–Crippen LogP) is 2.35. The maximum absolute atomic E-state index is 12.3. The van der Waals surface area contributed by atoms with Crippen molar-refractivity contribution >= 4 is 11.6 Å². The van der Waals surface area contributed by atoms with Crippen LogP contribution < -0.4 is 15.4 Å². The molecule has 2 aromatic carbocycles. The van der Waals surface area contributed by atoms with Crippen LogP contribution in [0.1, 0.15) is 25.5 Å². The lowest BCUT2D eigenvalue weighted by Gasteiger charge is -2.17. The quantitative estimate of drug-likeness (QED) is 0.860. The van der Waals surface area contributed by atoms with E-state index >= 15 is 0 Å². The maximum Gasteiger partial charge on any atom is 0.282 e. The van der Waals surface area contributed by atoms with E-state index in [4.69, 9.17) is 4.74 Å². The van der Waals surface area contributed by atoms with Crippen LogP contribution in [0.5, 0.6) is 5.75 Å². The van der Waals surface area contributed by atoms with E-state index in [9.17, 15) is 4.79 Å². The zero-order chi connectivity index (χ0) is 15.9. The third kappa shape index (κ3) is 4.33. The van der Waals surface area contributed by atoms with Crippen molar-refractivity contribution in [1.29, 1.82) is 0 Å². The summed E-state index contributed by atoms with van der Waals surface area (Å²) in [6.07, 6.45) is 0. The summed E-state index contributed by atoms with van der Waals surface area (Å²) < 4.78 is 5.10. The number of amides is 1. The molecule has 22 heavy (non-hydrogen) atoms. The van der Waals surface area contributed by atoms with Crippen molar-refractivity contribution in [1.82, 2.24) is 0 Å². The van der Waals surface area contributed by atoms with Gasteiger partial charge in [-0.15, -0.1) is 0 Å². The molecule has 116 valence electrons. The van der Waals surface area contributed by atoms with Crippen molar-refractivity contribution in [3.8, 4) is 5.75 Å². The van der Waals surface area contributed by atoms with Gasteiger partial charge in [0.2, 0.25) is 0 Å². The Kier molecular flexibility index (Phi) is 5.55. The molecule has 0 saturated carbocycles. The summed E-state index contributed by atoms with van der Waals surface area (Å²) in [5.41, 5.74) is 1.99. The third-order valence-electron chi connectivity index (χ3n) is 3.67. The minimum Gasteiger partial charge on any atom is -0.497 e. The van der Waals surface area contributed by atoms with E-state index in [0.717, 1.165) is 11.4 Å². The Morgan fingerprint density at radius 2 is 1.68 bits per heavy atom. The fraction of sp³-hybridized carbons (Fsp3) is 0.278. The maximum atomic E-state index is 12.3. The molecular weight excluding hydrogens is 276 g/mol. The lowest BCUT2D eigenvalue weighted by Crippen LogP contribution is -2.91. The van der Waals surface area contributed by atoms with Crippen LogP contribution in [0, 0.1) is 0 Å². The lowest BCUT2D eigenvalue weighted by atomic mass is 10.1. The molecule has 0 aliphatic rings. The molecule has 0 unspecified atom stereocenters. The smallest absolute Gasteiger partial charge is 0.282 e. The monoisotopic (exact) mass is 299 g/mol. The molecule has 2 aromatic rings. The van der Waals surface area contributed by atoms with Gasteiger partial charge in [0.15, 0.2) is 6.04 Å². The molecule has 0 aliphatic heterocycles. The number of quaternary nitrogens is 1. The second kappa shape index (κ2) is 7.61. The molecule has 2 rings (SSSR count). The molecular formula is C18H23N2O2+. The number of ether oxygens (including phenoxy) is 1. The standard InChI is InChI=1S/C18H22N2O2/c1-13(15-7-5-4-6-8-15)19-14(2)18(21)20-16-9-11-17(22-3)12-10-16/h4-14,19H,1-3H3,(H,20,21)/p+1/t13-,14+/m0/s1. The van der Waals surface area contributed by atoms with Gasteiger partial charge in [0.1, 0.15) is 11.8 Å². The molecule has 0 aromatic heterocycles. The Balaban J connectivity index is 1.91. The Hall–Kier alpha value is -2.33. The van der Waals surface area contributed by atoms with Gasteiger partial charge in [0.05, 0.1) is 7.11 Å². The van der Waals surface area contributed by atoms with Crippen LogP contribution in [0.2, 0.25) is 0 Å². The number of nitrogens with two attached hydrogens (primary N) is 1. The van der Waals surface area contributed by atoms with Gasteiger partial charge in [-0.05, 0) is 38.1 Å². The Labute approximate surface area is 131 Å². The number of nitrogens with one attached hydrogen (secondary N) is 1. The number of hydrogen-bond acceptors (Lipinski definition) is 2. The summed E-state index contributed by atoms with van der Waals surface area (Å²) in [5, 5.41) is 4.99. The van der Waals surface area contributed by atoms with E-state index in [1.807, 2.05) is 49.4 Å². The van der Waals surface area contributed by atoms with Crippen molar-refractivity contribution in [2.45, 2.75) is 25.9 Å². The molecule has 3 N–H and O–H groups in total. The van der Waals surface area contributed by atoms with Gasteiger partial charge in [-0.1, -0.05) is 30.3 Å². The van der Waals surface area contributed by atoms with Crippen molar-refractivity contribution in [2.24, 2.45) is 0 Å². The van der Waals surface area contributed by atoms with E-state index in [2.05, 4.69) is 29.7 Å². The average Bonchev–Trinajstić information content (AvgIpc) is 2.56. The van der Waals surface area contributed by atoms with Gasteiger partial charge in [-0.2, -0.15) is 0 Å². The Morgan fingerprint density at radius 3 is 2.27 bits per heavy atom. The van der Waals surface area contributed by atoms with Gasteiger partial charge < -0.3 is 15.4 Å². The highest BCUT2D eigenvalue weighted by Gasteiger charge is 2.20. The highest BCUT2D eigenvalue weighted by molar-refractivity contribution is 5.93. The van der Waals surface area contributed by atoms with Crippen LogP contribution in [0.3, 0.4) is 0 Å². The van der Waals surface area contributed by atoms with Crippen LogP contribution in [0.15, 0.2) is 54.6 Å². The zero-order valence-electron chi connectivity index (χ0n) is 13.2. The van der Waals surface area contributed by atoms with Crippen LogP contribution in [0.4, 0.5) is 5.69 Å². The molecule has 2 atom stereocenters. The molecule has 4 nitrogen and oxygen atoms in total. The first-order chi connectivity index (χ1) is 10.6. The number of methoxy groups -OCH3 is 1. The number of hydrogen-bond donors (Lipinski definition) is 2. The summed E-state index contributed by atoms with van der Waals surface area (Å²) in [6.45, 7) is 4.02. The van der Waals surface area contributed by atoms with Crippen LogP contribution in [-0.4, -0.2) is 19.1 Å². The van der Waals surface area contributed by atoms with Crippen molar-refractivity contribution in [3.63, 3.8) is 0 Å². The van der Waals surface area contributed by atoms with Crippen LogP contribution >= 0.6 is 0 Å². The molecule has 1 amide bonds. The Bertz CT molecular complexity index is 596. The highest BCUT2D eigenvalue weighted by Crippen LogP contribution is 2.15. The highest BCUT2D eigenvalue weighted by atomic mass is 16.5. The Morgan fingerprint density at radius 1 is 1.05 bits per heavy atom. The minimum absolute atomic E-state index is 0.00653. The first kappa shape index (κ1) is 16.0. The number of anilines is 1. The van der Waals surface area contributed by atoms with Gasteiger partial charge >= 0.3 is 0 Å². The third-order valence-corrected chi connectivity index (χ3v) is 3.67. The molecule has 0 aliphatic carbocycles. The summed E-state index contributed by atoms with van der Waals surface area (Å²) in [7, 11) is 1.62. The van der Waals surface area contributed by atoms with Gasteiger partial charge in [0, 0.05) is 11.3 Å². The fourth-order valence-corrected chi connectivity index (χ4v) is 2.32. The average molecular weight is 299 g/mol. The first-order valence-electron chi connectivity index (χ1n) is 7.45. The van der Waals surface area contributed by atoms with E-state index in [1.165, 1.54) is 5.56 Å². The second-order valence-electron chi connectivity index (χ2n) is 5.40. The number of benzene rings is 2. The molecule has 0 heterocycles. The predicted molar refractivity (Wildman–Crippen MR) is 87.9 cm³/mol. The van der Waals surface area contributed by atoms with Gasteiger partial charge in [0.25, 0.3) is 5.91 Å². The number of carbonyl (C=O) groups is 1. The minimum atomic E-state index is -0.169. The van der Waals surface area contributed by atoms with Gasteiger partial charge in [-0.3, -0.25) is 4.79 Å². The number of carbonyl (C=O) groups excluding carboxylic acids is 1. The molecule has 0 spiro atoms. The normalized spacial score (nSPS) is 13.2. The van der Waals surface area contributed by atoms with Crippen LogP contribution in [0.25, 0.3) is 0 Å². The summed E-state index contributed by atoms with van der Waals surface area (Å²) in [5.74, 6) is 0.767.